The number of urea groups is 1. The van der Waals surface area contributed by atoms with Crippen LogP contribution in [0.4, 0.5) is 9.93 Å². The monoisotopic (exact) mass is 385 g/mol. The van der Waals surface area contributed by atoms with Gasteiger partial charge in [0.2, 0.25) is 0 Å². The Morgan fingerprint density at radius 1 is 1.37 bits per heavy atom. The van der Waals surface area contributed by atoms with Crippen LogP contribution in [-0.4, -0.2) is 46.4 Å². The van der Waals surface area contributed by atoms with E-state index in [1.165, 1.54) is 24.2 Å². The summed E-state index contributed by atoms with van der Waals surface area (Å²) < 4.78 is 0. The van der Waals surface area contributed by atoms with Crippen molar-refractivity contribution in [3.63, 3.8) is 0 Å². The van der Waals surface area contributed by atoms with E-state index in [1.807, 2.05) is 24.0 Å². The Morgan fingerprint density at radius 2 is 2.22 bits per heavy atom. The van der Waals surface area contributed by atoms with Gasteiger partial charge in [-0.3, -0.25) is 14.7 Å². The van der Waals surface area contributed by atoms with Crippen molar-refractivity contribution in [3.05, 3.63) is 40.7 Å². The molecule has 3 amide bonds. The Bertz CT molecular complexity index is 834. The minimum atomic E-state index is -0.167. The van der Waals surface area contributed by atoms with Crippen molar-refractivity contribution in [1.82, 2.24) is 20.2 Å². The molecule has 0 radical (unpaired) electrons. The van der Waals surface area contributed by atoms with Crippen molar-refractivity contribution >= 4 is 28.4 Å². The Morgan fingerprint density at radius 3 is 2.96 bits per heavy atom. The van der Waals surface area contributed by atoms with Crippen LogP contribution < -0.4 is 10.2 Å². The summed E-state index contributed by atoms with van der Waals surface area (Å²) in [5.41, 5.74) is 1.60. The van der Waals surface area contributed by atoms with Gasteiger partial charge in [0.1, 0.15) is 4.88 Å². The van der Waals surface area contributed by atoms with Crippen LogP contribution in [0.2, 0.25) is 0 Å². The van der Waals surface area contributed by atoms with Gasteiger partial charge in [-0.15, -0.1) is 0 Å². The van der Waals surface area contributed by atoms with Gasteiger partial charge in [0.25, 0.3) is 5.91 Å². The standard InChI is InChI=1S/C19H23N5O2S/c1-13-16(17(25)21-11-15-4-2-7-20-10-15)27-18(22-13)24-9-3-8-23(19(24)26)12-14-5-6-14/h2,4,7,10,14H,3,5-6,8-9,11-12H2,1H3,(H,21,25). The van der Waals surface area contributed by atoms with Gasteiger partial charge in [-0.1, -0.05) is 17.4 Å². The molecule has 2 aromatic heterocycles. The summed E-state index contributed by atoms with van der Waals surface area (Å²) in [7, 11) is 0. The second-order valence-electron chi connectivity index (χ2n) is 7.13. The highest BCUT2D eigenvalue weighted by molar-refractivity contribution is 7.17. The molecular weight excluding hydrogens is 362 g/mol. The van der Waals surface area contributed by atoms with E-state index in [0.29, 0.717) is 34.7 Å². The highest BCUT2D eigenvalue weighted by Crippen LogP contribution is 2.33. The van der Waals surface area contributed by atoms with E-state index in [9.17, 15) is 9.59 Å². The van der Waals surface area contributed by atoms with Crippen LogP contribution in [0.3, 0.4) is 0 Å². The maximum atomic E-state index is 12.8. The molecule has 1 aliphatic heterocycles. The summed E-state index contributed by atoms with van der Waals surface area (Å²) in [6, 6.07) is 3.77. The zero-order chi connectivity index (χ0) is 18.8. The van der Waals surface area contributed by atoms with Crippen molar-refractivity contribution in [3.8, 4) is 0 Å². The average molecular weight is 385 g/mol. The topological polar surface area (TPSA) is 78.4 Å². The quantitative estimate of drug-likeness (QED) is 0.829. The molecule has 142 valence electrons. The van der Waals surface area contributed by atoms with E-state index in [4.69, 9.17) is 0 Å². The maximum Gasteiger partial charge on any atom is 0.326 e. The van der Waals surface area contributed by atoms with Crippen LogP contribution in [0.15, 0.2) is 24.5 Å². The van der Waals surface area contributed by atoms with E-state index in [-0.39, 0.29) is 11.9 Å². The smallest absolute Gasteiger partial charge is 0.326 e. The van der Waals surface area contributed by atoms with Crippen LogP contribution in [0.1, 0.15) is 40.2 Å². The van der Waals surface area contributed by atoms with Gasteiger partial charge < -0.3 is 10.2 Å². The van der Waals surface area contributed by atoms with Crippen LogP contribution >= 0.6 is 11.3 Å². The Labute approximate surface area is 162 Å². The zero-order valence-corrected chi connectivity index (χ0v) is 16.2. The maximum absolute atomic E-state index is 12.8. The lowest BCUT2D eigenvalue weighted by atomic mass is 10.2. The molecule has 1 saturated carbocycles. The minimum absolute atomic E-state index is 0.0178. The van der Waals surface area contributed by atoms with Crippen molar-refractivity contribution in [2.45, 2.75) is 32.7 Å². The van der Waals surface area contributed by atoms with E-state index in [1.54, 1.807) is 17.3 Å². The van der Waals surface area contributed by atoms with E-state index in [2.05, 4.69) is 15.3 Å². The number of carbonyl (C=O) groups excluding carboxylic acids is 2. The third-order valence-corrected chi connectivity index (χ3v) is 6.06. The molecule has 0 bridgehead atoms. The fourth-order valence-electron chi connectivity index (χ4n) is 3.21. The SMILES string of the molecule is Cc1nc(N2CCCN(CC3CC3)C2=O)sc1C(=O)NCc1cccnc1. The van der Waals surface area contributed by atoms with Crippen molar-refractivity contribution in [1.29, 1.82) is 0 Å². The van der Waals surface area contributed by atoms with Crippen molar-refractivity contribution < 1.29 is 9.59 Å². The summed E-state index contributed by atoms with van der Waals surface area (Å²) in [6.07, 6.45) is 6.81. The predicted molar refractivity (Wildman–Crippen MR) is 104 cm³/mol. The molecule has 2 fully saturated rings. The molecule has 0 unspecified atom stereocenters. The molecule has 2 aromatic rings. The van der Waals surface area contributed by atoms with Gasteiger partial charge in [-0.05, 0) is 43.7 Å². The molecule has 4 rings (SSSR count). The normalized spacial score (nSPS) is 17.3. The van der Waals surface area contributed by atoms with Gasteiger partial charge >= 0.3 is 6.03 Å². The first-order valence-corrected chi connectivity index (χ1v) is 10.1. The number of thiazole rings is 1. The molecule has 2 aliphatic rings. The third-order valence-electron chi connectivity index (χ3n) is 4.88. The van der Waals surface area contributed by atoms with Crippen LogP contribution in [-0.2, 0) is 6.54 Å². The molecular formula is C19H23N5O2S. The van der Waals surface area contributed by atoms with Gasteiger partial charge in [0.15, 0.2) is 5.13 Å². The molecule has 7 nitrogen and oxygen atoms in total. The Hall–Kier alpha value is -2.48. The zero-order valence-electron chi connectivity index (χ0n) is 15.4. The second kappa shape index (κ2) is 7.64. The first kappa shape index (κ1) is 17.9. The molecule has 0 spiro atoms. The summed E-state index contributed by atoms with van der Waals surface area (Å²) in [5.74, 6) is 0.500. The Balaban J connectivity index is 1.43. The predicted octanol–water partition coefficient (Wildman–Crippen LogP) is 2.82. The number of aryl methyl sites for hydroxylation is 1. The van der Waals surface area contributed by atoms with E-state index >= 15 is 0 Å². The number of hydrogen-bond donors (Lipinski definition) is 1. The second-order valence-corrected chi connectivity index (χ2v) is 8.11. The van der Waals surface area contributed by atoms with Gasteiger partial charge in [-0.25, -0.2) is 9.78 Å². The Kier molecular flexibility index (Phi) is 5.07. The van der Waals surface area contributed by atoms with E-state index < -0.39 is 0 Å². The van der Waals surface area contributed by atoms with E-state index in [0.717, 1.165) is 25.1 Å². The lowest BCUT2D eigenvalue weighted by Gasteiger charge is -2.34. The first-order valence-electron chi connectivity index (χ1n) is 9.33. The fraction of sp³-hybridized carbons (Fsp3) is 0.474. The number of pyridine rings is 1. The molecule has 3 heterocycles. The van der Waals surface area contributed by atoms with Crippen molar-refractivity contribution in [2.24, 2.45) is 5.92 Å². The van der Waals surface area contributed by atoms with Crippen molar-refractivity contribution in [2.75, 3.05) is 24.5 Å². The number of carbonyl (C=O) groups is 2. The number of amides is 3. The van der Waals surface area contributed by atoms with Gasteiger partial charge in [-0.2, -0.15) is 0 Å². The number of aromatic nitrogens is 2. The lowest BCUT2D eigenvalue weighted by Crippen LogP contribution is -2.50. The highest BCUT2D eigenvalue weighted by atomic mass is 32.1. The number of anilines is 1. The lowest BCUT2D eigenvalue weighted by molar-refractivity contribution is 0.0954. The summed E-state index contributed by atoms with van der Waals surface area (Å²) in [5, 5.41) is 3.52. The average Bonchev–Trinajstić information content (AvgIpc) is 3.42. The summed E-state index contributed by atoms with van der Waals surface area (Å²) >= 11 is 1.29. The van der Waals surface area contributed by atoms with Crippen LogP contribution in [0.25, 0.3) is 0 Å². The third kappa shape index (κ3) is 4.10. The number of nitrogens with zero attached hydrogens (tertiary/aromatic N) is 4. The largest absolute Gasteiger partial charge is 0.347 e. The van der Waals surface area contributed by atoms with Crippen LogP contribution in [0.5, 0.6) is 0 Å². The molecule has 0 aromatic carbocycles. The molecule has 0 atom stereocenters. The molecule has 1 N–H and O–H groups in total. The number of nitrogens with one attached hydrogen (secondary N) is 1. The van der Waals surface area contributed by atoms with Gasteiger partial charge in [0.05, 0.1) is 5.69 Å². The fourth-order valence-corrected chi connectivity index (χ4v) is 4.22. The molecule has 1 saturated heterocycles. The number of rotatable bonds is 6. The molecule has 8 heteroatoms. The molecule has 27 heavy (non-hydrogen) atoms. The van der Waals surface area contributed by atoms with Gasteiger partial charge in [0, 0.05) is 38.6 Å². The van der Waals surface area contributed by atoms with Crippen LogP contribution in [0, 0.1) is 12.8 Å². The molecule has 1 aliphatic carbocycles. The summed E-state index contributed by atoms with van der Waals surface area (Å²) in [6.45, 7) is 4.54. The minimum Gasteiger partial charge on any atom is -0.347 e. The number of hydrogen-bond acceptors (Lipinski definition) is 5. The highest BCUT2D eigenvalue weighted by Gasteiger charge is 2.33. The summed E-state index contributed by atoms with van der Waals surface area (Å²) in [4.78, 5) is 38.1. The first-order chi connectivity index (χ1) is 13.1.